The van der Waals surface area contributed by atoms with Crippen molar-refractivity contribution >= 4 is 5.91 Å². The summed E-state index contributed by atoms with van der Waals surface area (Å²) in [6, 6.07) is 0. The van der Waals surface area contributed by atoms with Gasteiger partial charge in [-0.3, -0.25) is 4.79 Å². The summed E-state index contributed by atoms with van der Waals surface area (Å²) in [7, 11) is 5.17. The van der Waals surface area contributed by atoms with Crippen LogP contribution in [0.1, 0.15) is 5.56 Å². The lowest BCUT2D eigenvalue weighted by atomic mass is 10.4. The van der Waals surface area contributed by atoms with Crippen molar-refractivity contribution in [3.63, 3.8) is 0 Å². The lowest BCUT2D eigenvalue weighted by Crippen LogP contribution is -2.28. The van der Waals surface area contributed by atoms with Crippen LogP contribution in [-0.4, -0.2) is 41.3 Å². The quantitative estimate of drug-likeness (QED) is 0.695. The van der Waals surface area contributed by atoms with Crippen LogP contribution in [0.25, 0.3) is 0 Å². The first-order valence-electron chi connectivity index (χ1n) is 4.34. The van der Waals surface area contributed by atoms with Crippen LogP contribution in [0.3, 0.4) is 0 Å². The van der Waals surface area contributed by atoms with E-state index in [0.717, 1.165) is 5.56 Å². The van der Waals surface area contributed by atoms with Crippen LogP contribution in [0.5, 0.6) is 5.88 Å². The summed E-state index contributed by atoms with van der Waals surface area (Å²) in [6.45, 7) is 1.94. The van der Waals surface area contributed by atoms with Crippen LogP contribution in [0.4, 0.5) is 0 Å². The first-order valence-corrected chi connectivity index (χ1v) is 4.34. The summed E-state index contributed by atoms with van der Waals surface area (Å²) >= 11 is 0. The van der Waals surface area contributed by atoms with Crippen molar-refractivity contribution in [2.24, 2.45) is 7.05 Å². The van der Waals surface area contributed by atoms with Gasteiger partial charge in [0.15, 0.2) is 6.61 Å². The molecule has 0 N–H and O–H groups in total. The Morgan fingerprint density at radius 2 is 2.29 bits per heavy atom. The highest BCUT2D eigenvalue weighted by Gasteiger charge is 2.09. The molecule has 0 fully saturated rings. The Morgan fingerprint density at radius 1 is 1.64 bits per heavy atom. The van der Waals surface area contributed by atoms with Crippen molar-refractivity contribution < 1.29 is 9.53 Å². The largest absolute Gasteiger partial charge is 0.468 e. The highest BCUT2D eigenvalue weighted by atomic mass is 16.5. The molecular formula is C9H15N3O2. The fourth-order valence-corrected chi connectivity index (χ4v) is 1.00. The average Bonchev–Trinajstić information content (AvgIpc) is 2.43. The number of carbonyl (C=O) groups is 1. The molecule has 0 aromatic carbocycles. The van der Waals surface area contributed by atoms with E-state index in [1.165, 1.54) is 4.90 Å². The van der Waals surface area contributed by atoms with Crippen molar-refractivity contribution in [3.05, 3.63) is 11.8 Å². The SMILES string of the molecule is Cc1cnn(C)c1OCC(=O)N(C)C. The Morgan fingerprint density at radius 3 is 2.71 bits per heavy atom. The lowest BCUT2D eigenvalue weighted by molar-refractivity contribution is -0.130. The van der Waals surface area contributed by atoms with Crippen LogP contribution < -0.4 is 4.74 Å². The van der Waals surface area contributed by atoms with Gasteiger partial charge in [0.25, 0.3) is 5.91 Å². The third-order valence-corrected chi connectivity index (χ3v) is 1.89. The molecule has 1 amide bonds. The zero-order chi connectivity index (χ0) is 10.7. The molecule has 0 radical (unpaired) electrons. The molecule has 1 aromatic heterocycles. The molecule has 0 saturated carbocycles. The molecule has 5 heteroatoms. The van der Waals surface area contributed by atoms with E-state index < -0.39 is 0 Å². The number of aromatic nitrogens is 2. The smallest absolute Gasteiger partial charge is 0.260 e. The van der Waals surface area contributed by atoms with E-state index in [0.29, 0.717) is 5.88 Å². The number of likely N-dealkylation sites (N-methyl/N-ethyl adjacent to an activating group) is 1. The number of hydrogen-bond acceptors (Lipinski definition) is 3. The molecule has 1 rings (SSSR count). The van der Waals surface area contributed by atoms with Gasteiger partial charge in [-0.25, -0.2) is 4.68 Å². The molecule has 0 bridgehead atoms. The number of aryl methyl sites for hydroxylation is 2. The third kappa shape index (κ3) is 2.25. The Kier molecular flexibility index (Phi) is 3.11. The molecule has 1 aromatic rings. The second kappa shape index (κ2) is 4.13. The van der Waals surface area contributed by atoms with Crippen molar-refractivity contribution in [2.45, 2.75) is 6.92 Å². The first kappa shape index (κ1) is 10.6. The Labute approximate surface area is 83.3 Å². The van der Waals surface area contributed by atoms with Gasteiger partial charge >= 0.3 is 0 Å². The molecule has 0 saturated heterocycles. The first-order chi connectivity index (χ1) is 6.52. The number of rotatable bonds is 3. The molecule has 5 nitrogen and oxygen atoms in total. The average molecular weight is 197 g/mol. The number of carbonyl (C=O) groups excluding carboxylic acids is 1. The maximum Gasteiger partial charge on any atom is 0.260 e. The number of ether oxygens (including phenoxy) is 1. The number of hydrogen-bond donors (Lipinski definition) is 0. The topological polar surface area (TPSA) is 47.4 Å². The van der Waals surface area contributed by atoms with E-state index in [-0.39, 0.29) is 12.5 Å². The van der Waals surface area contributed by atoms with Crippen LogP contribution in [0.15, 0.2) is 6.20 Å². The van der Waals surface area contributed by atoms with Crippen LogP contribution in [0.2, 0.25) is 0 Å². The summed E-state index contributed by atoms with van der Waals surface area (Å²) in [5.41, 5.74) is 0.930. The van der Waals surface area contributed by atoms with E-state index in [9.17, 15) is 4.79 Å². The van der Waals surface area contributed by atoms with E-state index in [1.807, 2.05) is 6.92 Å². The molecule has 0 spiro atoms. The maximum atomic E-state index is 11.2. The molecule has 14 heavy (non-hydrogen) atoms. The minimum Gasteiger partial charge on any atom is -0.468 e. The van der Waals surface area contributed by atoms with E-state index >= 15 is 0 Å². The van der Waals surface area contributed by atoms with Gasteiger partial charge < -0.3 is 9.64 Å². The molecule has 78 valence electrons. The van der Waals surface area contributed by atoms with Gasteiger partial charge in [0, 0.05) is 26.7 Å². The third-order valence-electron chi connectivity index (χ3n) is 1.89. The molecule has 0 aliphatic heterocycles. The Hall–Kier alpha value is -1.52. The van der Waals surface area contributed by atoms with Gasteiger partial charge in [-0.05, 0) is 6.92 Å². The van der Waals surface area contributed by atoms with Crippen molar-refractivity contribution in [1.29, 1.82) is 0 Å². The number of amides is 1. The van der Waals surface area contributed by atoms with Gasteiger partial charge in [-0.1, -0.05) is 0 Å². The standard InChI is InChI=1S/C9H15N3O2/c1-7-5-10-12(4)9(7)14-6-8(13)11(2)3/h5H,6H2,1-4H3. The molecule has 1 heterocycles. The summed E-state index contributed by atoms with van der Waals surface area (Å²) in [6.07, 6.45) is 1.70. The second-order valence-corrected chi connectivity index (χ2v) is 3.33. The van der Waals surface area contributed by atoms with Gasteiger partial charge in [-0.2, -0.15) is 5.10 Å². The summed E-state index contributed by atoms with van der Waals surface area (Å²) < 4.78 is 6.95. The van der Waals surface area contributed by atoms with Gasteiger partial charge in [0.1, 0.15) is 0 Å². The fraction of sp³-hybridized carbons (Fsp3) is 0.556. The maximum absolute atomic E-state index is 11.2. The Bertz CT molecular complexity index is 311. The minimum absolute atomic E-state index is 0.0490. The number of nitrogens with zero attached hydrogens (tertiary/aromatic N) is 3. The summed E-state index contributed by atoms with van der Waals surface area (Å²) in [5, 5.41) is 4.01. The van der Waals surface area contributed by atoms with Crippen LogP contribution >= 0.6 is 0 Å². The molecule has 0 aliphatic rings. The molecular weight excluding hydrogens is 182 g/mol. The predicted octanol–water partition coefficient (Wildman–Crippen LogP) is 0.196. The highest BCUT2D eigenvalue weighted by molar-refractivity contribution is 5.77. The summed E-state index contributed by atoms with van der Waals surface area (Å²) in [4.78, 5) is 12.7. The van der Waals surface area contributed by atoms with Crippen molar-refractivity contribution in [2.75, 3.05) is 20.7 Å². The van der Waals surface area contributed by atoms with Gasteiger partial charge in [0.05, 0.1) is 6.20 Å². The molecule has 0 unspecified atom stereocenters. The van der Waals surface area contributed by atoms with E-state index in [1.54, 1.807) is 32.0 Å². The molecule has 0 atom stereocenters. The minimum atomic E-state index is -0.0643. The zero-order valence-corrected chi connectivity index (χ0v) is 8.94. The van der Waals surface area contributed by atoms with Crippen molar-refractivity contribution in [1.82, 2.24) is 14.7 Å². The predicted molar refractivity (Wildman–Crippen MR) is 52.1 cm³/mol. The van der Waals surface area contributed by atoms with E-state index in [2.05, 4.69) is 5.10 Å². The van der Waals surface area contributed by atoms with Gasteiger partial charge in [0.2, 0.25) is 5.88 Å². The normalized spacial score (nSPS) is 10.0. The Balaban J connectivity index is 2.58. The zero-order valence-electron chi connectivity index (χ0n) is 8.94. The van der Waals surface area contributed by atoms with Gasteiger partial charge in [-0.15, -0.1) is 0 Å². The van der Waals surface area contributed by atoms with Crippen LogP contribution in [-0.2, 0) is 11.8 Å². The summed E-state index contributed by atoms with van der Waals surface area (Å²) in [5.74, 6) is 0.575. The van der Waals surface area contributed by atoms with Crippen molar-refractivity contribution in [3.8, 4) is 5.88 Å². The lowest BCUT2D eigenvalue weighted by Gasteiger charge is -2.11. The second-order valence-electron chi connectivity index (χ2n) is 3.33. The molecule has 0 aliphatic carbocycles. The highest BCUT2D eigenvalue weighted by Crippen LogP contribution is 2.14. The van der Waals surface area contributed by atoms with E-state index in [4.69, 9.17) is 4.74 Å². The monoisotopic (exact) mass is 197 g/mol. The fourth-order valence-electron chi connectivity index (χ4n) is 1.00. The van der Waals surface area contributed by atoms with Crippen LogP contribution in [0, 0.1) is 6.92 Å².